The van der Waals surface area contributed by atoms with Crippen molar-refractivity contribution < 1.29 is 22.7 Å². The highest BCUT2D eigenvalue weighted by molar-refractivity contribution is 8.13. The lowest BCUT2D eigenvalue weighted by molar-refractivity contribution is -0.141. The number of halogens is 1. The van der Waals surface area contributed by atoms with E-state index in [0.717, 1.165) is 0 Å². The van der Waals surface area contributed by atoms with E-state index in [1.165, 1.54) is 25.1 Å². The predicted octanol–water partition coefficient (Wildman–Crippen LogP) is 1.86. The van der Waals surface area contributed by atoms with Crippen molar-refractivity contribution in [1.82, 2.24) is 0 Å². The van der Waals surface area contributed by atoms with Crippen LogP contribution in [-0.2, 0) is 18.6 Å². The Morgan fingerprint density at radius 2 is 2.00 bits per heavy atom. The van der Waals surface area contributed by atoms with E-state index in [1.54, 1.807) is 6.92 Å². The fourth-order valence-electron chi connectivity index (χ4n) is 1.27. The van der Waals surface area contributed by atoms with Crippen molar-refractivity contribution in [3.63, 3.8) is 0 Å². The maximum atomic E-state index is 11.1. The van der Waals surface area contributed by atoms with E-state index in [1.807, 2.05) is 0 Å². The Hall–Kier alpha value is -1.27. The van der Waals surface area contributed by atoms with Gasteiger partial charge < -0.3 is 9.47 Å². The van der Waals surface area contributed by atoms with Crippen LogP contribution in [0, 0.1) is 6.92 Å². The largest absolute Gasteiger partial charge is 0.490 e. The molecule has 0 unspecified atom stereocenters. The van der Waals surface area contributed by atoms with Crippen LogP contribution >= 0.6 is 10.7 Å². The number of hydrogen-bond donors (Lipinski definition) is 0. The molecule has 1 rings (SSSR count). The fourth-order valence-corrected chi connectivity index (χ4v) is 2.11. The van der Waals surface area contributed by atoms with Gasteiger partial charge in [-0.25, -0.2) is 8.42 Å². The van der Waals surface area contributed by atoms with Crippen molar-refractivity contribution in [3.8, 4) is 5.75 Å². The molecule has 0 aromatic heterocycles. The van der Waals surface area contributed by atoms with Crippen LogP contribution in [0.4, 0.5) is 0 Å². The Morgan fingerprint density at radius 1 is 1.33 bits per heavy atom. The van der Waals surface area contributed by atoms with Gasteiger partial charge in [0.1, 0.15) is 19.0 Å². The summed E-state index contributed by atoms with van der Waals surface area (Å²) in [5, 5.41) is 0. The van der Waals surface area contributed by atoms with E-state index in [2.05, 4.69) is 0 Å². The van der Waals surface area contributed by atoms with Crippen molar-refractivity contribution in [2.24, 2.45) is 0 Å². The Balaban J connectivity index is 2.66. The van der Waals surface area contributed by atoms with Crippen LogP contribution in [0.25, 0.3) is 0 Å². The minimum atomic E-state index is -3.73. The second-order valence-electron chi connectivity index (χ2n) is 3.55. The summed E-state index contributed by atoms with van der Waals surface area (Å²) in [6.45, 7) is 3.36. The maximum absolute atomic E-state index is 11.1. The second kappa shape index (κ2) is 6.06. The third-order valence-electron chi connectivity index (χ3n) is 2.07. The fraction of sp³-hybridized carbons (Fsp3) is 0.364. The SMILES string of the molecule is CC(=O)OCCOc1ccc(S(=O)(=O)Cl)cc1C. The first kappa shape index (κ1) is 14.8. The summed E-state index contributed by atoms with van der Waals surface area (Å²) in [6, 6.07) is 4.29. The van der Waals surface area contributed by atoms with Gasteiger partial charge in [0.15, 0.2) is 0 Å². The van der Waals surface area contributed by atoms with Gasteiger partial charge in [-0.2, -0.15) is 0 Å². The molecule has 0 saturated heterocycles. The molecule has 0 bridgehead atoms. The molecule has 18 heavy (non-hydrogen) atoms. The van der Waals surface area contributed by atoms with Gasteiger partial charge in [0.05, 0.1) is 4.90 Å². The van der Waals surface area contributed by atoms with Gasteiger partial charge in [-0.05, 0) is 30.7 Å². The summed E-state index contributed by atoms with van der Waals surface area (Å²) >= 11 is 0. The first-order valence-electron chi connectivity index (χ1n) is 5.12. The molecule has 0 atom stereocenters. The van der Waals surface area contributed by atoms with Crippen LogP contribution in [-0.4, -0.2) is 27.6 Å². The molecule has 0 fully saturated rings. The number of carbonyl (C=O) groups is 1. The molecular weight excluding hydrogens is 280 g/mol. The smallest absolute Gasteiger partial charge is 0.302 e. The highest BCUT2D eigenvalue weighted by Gasteiger charge is 2.11. The first-order chi connectivity index (χ1) is 8.30. The molecule has 0 aliphatic heterocycles. The van der Waals surface area contributed by atoms with Gasteiger partial charge in [0.25, 0.3) is 9.05 Å². The van der Waals surface area contributed by atoms with E-state index < -0.39 is 9.05 Å². The maximum Gasteiger partial charge on any atom is 0.302 e. The zero-order valence-corrected chi connectivity index (χ0v) is 11.5. The van der Waals surface area contributed by atoms with E-state index >= 15 is 0 Å². The molecule has 7 heteroatoms. The lowest BCUT2D eigenvalue weighted by atomic mass is 10.2. The number of ether oxygens (including phenoxy) is 2. The Morgan fingerprint density at radius 3 is 2.50 bits per heavy atom. The Labute approximate surface area is 110 Å². The molecule has 1 aromatic rings. The summed E-state index contributed by atoms with van der Waals surface area (Å²) in [6.07, 6.45) is 0. The average Bonchev–Trinajstić information content (AvgIpc) is 2.24. The van der Waals surface area contributed by atoms with E-state index in [9.17, 15) is 13.2 Å². The lowest BCUT2D eigenvalue weighted by Gasteiger charge is -2.09. The van der Waals surface area contributed by atoms with Crippen molar-refractivity contribution in [3.05, 3.63) is 23.8 Å². The summed E-state index contributed by atoms with van der Waals surface area (Å²) in [5.41, 5.74) is 0.638. The molecule has 0 aliphatic carbocycles. The zero-order valence-electron chi connectivity index (χ0n) is 9.97. The van der Waals surface area contributed by atoms with Crippen LogP contribution in [0.15, 0.2) is 23.1 Å². The topological polar surface area (TPSA) is 69.7 Å². The van der Waals surface area contributed by atoms with Gasteiger partial charge in [-0.15, -0.1) is 0 Å². The molecule has 0 heterocycles. The molecule has 5 nitrogen and oxygen atoms in total. The molecular formula is C11H13ClO5S. The van der Waals surface area contributed by atoms with Crippen molar-refractivity contribution in [1.29, 1.82) is 0 Å². The van der Waals surface area contributed by atoms with Crippen LogP contribution < -0.4 is 4.74 Å². The molecule has 1 aromatic carbocycles. The Kier molecular flexibility index (Phi) is 4.98. The minimum absolute atomic E-state index is 0.0222. The molecule has 100 valence electrons. The monoisotopic (exact) mass is 292 g/mol. The molecule has 0 radical (unpaired) electrons. The summed E-state index contributed by atoms with van der Waals surface area (Å²) in [7, 11) is 1.49. The van der Waals surface area contributed by atoms with E-state index in [-0.39, 0.29) is 24.1 Å². The third-order valence-corrected chi connectivity index (χ3v) is 3.43. The highest BCUT2D eigenvalue weighted by atomic mass is 35.7. The summed E-state index contributed by atoms with van der Waals surface area (Å²) in [5.74, 6) is 0.144. The van der Waals surface area contributed by atoms with Gasteiger partial charge in [-0.1, -0.05) is 0 Å². The van der Waals surface area contributed by atoms with Gasteiger partial charge in [-0.3, -0.25) is 4.79 Å². The normalized spacial score (nSPS) is 11.1. The lowest BCUT2D eigenvalue weighted by Crippen LogP contribution is -2.10. The minimum Gasteiger partial charge on any atom is -0.490 e. The highest BCUT2D eigenvalue weighted by Crippen LogP contribution is 2.23. The molecule has 0 N–H and O–H groups in total. The van der Waals surface area contributed by atoms with Gasteiger partial charge >= 0.3 is 5.97 Å². The van der Waals surface area contributed by atoms with E-state index in [0.29, 0.717) is 11.3 Å². The summed E-state index contributed by atoms with van der Waals surface area (Å²) < 4.78 is 32.2. The molecule has 0 aliphatic rings. The van der Waals surface area contributed by atoms with Crippen LogP contribution in [0.3, 0.4) is 0 Å². The number of aryl methyl sites for hydroxylation is 1. The van der Waals surface area contributed by atoms with Crippen LogP contribution in [0.2, 0.25) is 0 Å². The zero-order chi connectivity index (χ0) is 13.8. The van der Waals surface area contributed by atoms with Gasteiger partial charge in [0.2, 0.25) is 0 Å². The number of rotatable bonds is 5. The number of carbonyl (C=O) groups excluding carboxylic acids is 1. The standard InChI is InChI=1S/C11H13ClO5S/c1-8-7-10(18(12,14)15)3-4-11(8)17-6-5-16-9(2)13/h3-4,7H,5-6H2,1-2H3. The second-order valence-corrected chi connectivity index (χ2v) is 6.12. The number of esters is 1. The van der Waals surface area contributed by atoms with Crippen molar-refractivity contribution >= 4 is 25.7 Å². The molecule has 0 saturated carbocycles. The predicted molar refractivity (Wildman–Crippen MR) is 66.3 cm³/mol. The van der Waals surface area contributed by atoms with Crippen LogP contribution in [0.1, 0.15) is 12.5 Å². The molecule has 0 spiro atoms. The number of benzene rings is 1. The van der Waals surface area contributed by atoms with Crippen molar-refractivity contribution in [2.75, 3.05) is 13.2 Å². The van der Waals surface area contributed by atoms with E-state index in [4.69, 9.17) is 20.2 Å². The Bertz CT molecular complexity index is 538. The van der Waals surface area contributed by atoms with Crippen LogP contribution in [0.5, 0.6) is 5.75 Å². The van der Waals surface area contributed by atoms with Gasteiger partial charge in [0, 0.05) is 17.6 Å². The molecule has 0 amide bonds. The quantitative estimate of drug-likeness (QED) is 0.471. The third kappa shape index (κ3) is 4.54. The average molecular weight is 293 g/mol. The summed E-state index contributed by atoms with van der Waals surface area (Å²) in [4.78, 5) is 10.5. The number of hydrogen-bond acceptors (Lipinski definition) is 5. The van der Waals surface area contributed by atoms with Crippen molar-refractivity contribution in [2.45, 2.75) is 18.7 Å². The first-order valence-corrected chi connectivity index (χ1v) is 7.43.